The van der Waals surface area contributed by atoms with E-state index in [2.05, 4.69) is 63.6 Å². The van der Waals surface area contributed by atoms with Gasteiger partial charge in [-0.05, 0) is 64.6 Å². The van der Waals surface area contributed by atoms with Crippen molar-refractivity contribution in [3.63, 3.8) is 0 Å². The third-order valence-electron chi connectivity index (χ3n) is 6.46. The second-order valence-corrected chi connectivity index (χ2v) is 10.7. The van der Waals surface area contributed by atoms with Crippen molar-refractivity contribution in [2.75, 3.05) is 31.5 Å². The number of piperazine rings is 1. The Morgan fingerprint density at radius 2 is 2.06 bits per heavy atom. The minimum Gasteiger partial charge on any atom is -0.339 e. The summed E-state index contributed by atoms with van der Waals surface area (Å²) < 4.78 is 0. The number of nitrogens with zero attached hydrogens (tertiary/aromatic N) is 3. The van der Waals surface area contributed by atoms with Crippen LogP contribution in [0.1, 0.15) is 11.1 Å². The van der Waals surface area contributed by atoms with Gasteiger partial charge in [-0.15, -0.1) is 11.8 Å². The Bertz CT molecular complexity index is 1380. The fraction of sp³-hybridized carbons (Fsp3) is 0.269. The predicted octanol–water partition coefficient (Wildman–Crippen LogP) is 4.86. The minimum atomic E-state index is -0.0735. The third kappa shape index (κ3) is 4.06. The molecule has 2 aliphatic heterocycles. The van der Waals surface area contributed by atoms with Crippen LogP contribution in [0.2, 0.25) is 0 Å². The van der Waals surface area contributed by atoms with Gasteiger partial charge >= 0.3 is 0 Å². The van der Waals surface area contributed by atoms with Gasteiger partial charge in [0.15, 0.2) is 0 Å². The van der Waals surface area contributed by atoms with Gasteiger partial charge < -0.3 is 15.5 Å². The van der Waals surface area contributed by atoms with E-state index in [-0.39, 0.29) is 11.2 Å². The second-order valence-electron chi connectivity index (χ2n) is 8.73. The summed E-state index contributed by atoms with van der Waals surface area (Å²) in [6.45, 7) is 5.44. The van der Waals surface area contributed by atoms with Crippen LogP contribution < -0.4 is 10.6 Å². The quantitative estimate of drug-likeness (QED) is 0.429. The zero-order valence-electron chi connectivity index (χ0n) is 18.9. The van der Waals surface area contributed by atoms with Crippen molar-refractivity contribution in [3.8, 4) is 11.1 Å². The number of aromatic nitrogens is 2. The molecule has 8 heteroatoms. The van der Waals surface area contributed by atoms with Gasteiger partial charge in [-0.1, -0.05) is 18.2 Å². The number of fused-ring (bicyclic) bond motifs is 3. The Morgan fingerprint density at radius 3 is 2.88 bits per heavy atom. The summed E-state index contributed by atoms with van der Waals surface area (Å²) in [7, 11) is 0. The van der Waals surface area contributed by atoms with E-state index in [0.717, 1.165) is 53.2 Å². The van der Waals surface area contributed by atoms with Crippen molar-refractivity contribution in [1.82, 2.24) is 20.2 Å². The van der Waals surface area contributed by atoms with Gasteiger partial charge in [-0.25, -0.2) is 9.97 Å². The first-order valence-corrected chi connectivity index (χ1v) is 13.3. The molecule has 0 bridgehead atoms. The molecule has 0 aliphatic carbocycles. The topological polar surface area (TPSA) is 70.2 Å². The molecule has 2 N–H and O–H groups in total. The molecule has 1 atom stereocenters. The highest BCUT2D eigenvalue weighted by molar-refractivity contribution is 8.01. The van der Waals surface area contributed by atoms with Gasteiger partial charge in [-0.3, -0.25) is 4.79 Å². The summed E-state index contributed by atoms with van der Waals surface area (Å²) in [5, 5.41) is 12.0. The minimum absolute atomic E-state index is 0.0735. The van der Waals surface area contributed by atoms with E-state index >= 15 is 0 Å². The van der Waals surface area contributed by atoms with E-state index in [0.29, 0.717) is 12.4 Å². The molecule has 2 aliphatic rings. The van der Waals surface area contributed by atoms with E-state index < -0.39 is 0 Å². The van der Waals surface area contributed by atoms with Crippen LogP contribution in [0.25, 0.3) is 22.0 Å². The maximum atomic E-state index is 13.1. The van der Waals surface area contributed by atoms with Gasteiger partial charge in [0.25, 0.3) is 0 Å². The number of aryl methyl sites for hydroxylation is 1. The lowest BCUT2D eigenvalue weighted by molar-refractivity contribution is -0.131. The zero-order valence-corrected chi connectivity index (χ0v) is 20.5. The second kappa shape index (κ2) is 9.02. The first-order chi connectivity index (χ1) is 16.7. The number of anilines is 2. The van der Waals surface area contributed by atoms with E-state index in [4.69, 9.17) is 4.98 Å². The summed E-state index contributed by atoms with van der Waals surface area (Å²) >= 11 is 3.39. The predicted molar refractivity (Wildman–Crippen MR) is 140 cm³/mol. The molecule has 0 saturated carbocycles. The molecule has 0 spiro atoms. The van der Waals surface area contributed by atoms with Crippen LogP contribution in [0, 0.1) is 6.92 Å². The third-order valence-corrected chi connectivity index (χ3v) is 8.61. The van der Waals surface area contributed by atoms with E-state index in [1.165, 1.54) is 16.7 Å². The van der Waals surface area contributed by atoms with Crippen LogP contribution in [0.3, 0.4) is 0 Å². The molecular formula is C26H25N5OS2. The Labute approximate surface area is 206 Å². The normalized spacial score (nSPS) is 17.7. The summed E-state index contributed by atoms with van der Waals surface area (Å²) in [4.78, 5) is 25.7. The number of rotatable bonds is 4. The van der Waals surface area contributed by atoms with E-state index in [9.17, 15) is 4.79 Å². The molecule has 172 valence electrons. The standard InChI is InChI=1S/C26H25N5OS2/c1-16-14-33-15-21(16)17-3-2-4-19(11-17)29-26-28-13-18-5-6-22-20(24(18)30-26)12-23(34-22)25(32)31-9-7-27-8-10-31/h2-6,11,13-15,23,27H,7-10,12H2,1H3,(H,28,29,30). The Kier molecular flexibility index (Phi) is 5.72. The molecular weight excluding hydrogens is 462 g/mol. The molecule has 2 aromatic heterocycles. The Morgan fingerprint density at radius 1 is 1.18 bits per heavy atom. The van der Waals surface area contributed by atoms with Crippen molar-refractivity contribution < 1.29 is 4.79 Å². The van der Waals surface area contributed by atoms with Crippen LogP contribution in [0.5, 0.6) is 0 Å². The molecule has 6 rings (SSSR count). The number of carbonyl (C=O) groups is 1. The van der Waals surface area contributed by atoms with Crippen molar-refractivity contribution in [3.05, 3.63) is 64.5 Å². The number of benzene rings is 2. The fourth-order valence-corrected chi connectivity index (χ4v) is 6.79. The molecule has 6 nitrogen and oxygen atoms in total. The molecule has 1 saturated heterocycles. The SMILES string of the molecule is Cc1cscc1-c1cccc(Nc2ncc3ccc4c(c3n2)CC(C(=O)N2CCNCC2)S4)c1. The summed E-state index contributed by atoms with van der Waals surface area (Å²) in [6.07, 6.45) is 2.58. The van der Waals surface area contributed by atoms with Crippen molar-refractivity contribution in [2.24, 2.45) is 0 Å². The number of nitrogens with one attached hydrogen (secondary N) is 2. The van der Waals surface area contributed by atoms with Gasteiger partial charge in [0.2, 0.25) is 11.9 Å². The summed E-state index contributed by atoms with van der Waals surface area (Å²) in [5.41, 5.74) is 6.75. The lowest BCUT2D eigenvalue weighted by Crippen LogP contribution is -2.49. The van der Waals surface area contributed by atoms with Gasteiger partial charge in [-0.2, -0.15) is 11.3 Å². The van der Waals surface area contributed by atoms with Gasteiger partial charge in [0.1, 0.15) is 0 Å². The molecule has 4 aromatic rings. The fourth-order valence-electron chi connectivity index (χ4n) is 4.66. The monoisotopic (exact) mass is 487 g/mol. The molecule has 1 unspecified atom stereocenters. The summed E-state index contributed by atoms with van der Waals surface area (Å²) in [5.74, 6) is 0.811. The van der Waals surface area contributed by atoms with Crippen molar-refractivity contribution >= 4 is 51.5 Å². The molecule has 34 heavy (non-hydrogen) atoms. The molecule has 1 amide bonds. The van der Waals surface area contributed by atoms with E-state index in [1.54, 1.807) is 23.1 Å². The average molecular weight is 488 g/mol. The number of hydrogen-bond donors (Lipinski definition) is 2. The van der Waals surface area contributed by atoms with Crippen molar-refractivity contribution in [2.45, 2.75) is 23.5 Å². The van der Waals surface area contributed by atoms with Crippen LogP contribution in [-0.4, -0.2) is 52.2 Å². The highest BCUT2D eigenvalue weighted by Gasteiger charge is 2.33. The zero-order chi connectivity index (χ0) is 23.1. The largest absolute Gasteiger partial charge is 0.339 e. The lowest BCUT2D eigenvalue weighted by Gasteiger charge is -2.29. The Balaban J connectivity index is 1.27. The maximum absolute atomic E-state index is 13.1. The van der Waals surface area contributed by atoms with Crippen LogP contribution in [0.4, 0.5) is 11.6 Å². The number of carbonyl (C=O) groups excluding carboxylic acids is 1. The number of thiophene rings is 1. The number of amides is 1. The maximum Gasteiger partial charge on any atom is 0.236 e. The smallest absolute Gasteiger partial charge is 0.236 e. The number of hydrogen-bond acceptors (Lipinski definition) is 7. The molecule has 1 fully saturated rings. The lowest BCUT2D eigenvalue weighted by atomic mass is 10.0. The van der Waals surface area contributed by atoms with E-state index in [1.807, 2.05) is 17.2 Å². The molecule has 4 heterocycles. The van der Waals surface area contributed by atoms with Crippen molar-refractivity contribution in [1.29, 1.82) is 0 Å². The Hall–Kier alpha value is -2.94. The van der Waals surface area contributed by atoms with Crippen LogP contribution in [0.15, 0.2) is 58.3 Å². The summed E-state index contributed by atoms with van der Waals surface area (Å²) in [6, 6.07) is 12.5. The number of thioether (sulfide) groups is 1. The van der Waals surface area contributed by atoms with Crippen LogP contribution in [-0.2, 0) is 11.2 Å². The highest BCUT2D eigenvalue weighted by Crippen LogP contribution is 2.41. The van der Waals surface area contributed by atoms with Gasteiger partial charge in [0.05, 0.1) is 10.8 Å². The first-order valence-electron chi connectivity index (χ1n) is 11.5. The average Bonchev–Trinajstić information content (AvgIpc) is 3.51. The molecule has 2 aromatic carbocycles. The molecule has 0 radical (unpaired) electrons. The first kappa shape index (κ1) is 21.6. The highest BCUT2D eigenvalue weighted by atomic mass is 32.2. The van der Waals surface area contributed by atoms with Crippen LogP contribution >= 0.6 is 23.1 Å². The van der Waals surface area contributed by atoms with Gasteiger partial charge in [0, 0.05) is 48.3 Å².